The predicted octanol–water partition coefficient (Wildman–Crippen LogP) is 2.44. The molecule has 1 amide bonds. The average molecular weight is 529 g/mol. The molecule has 158 valence electrons. The van der Waals surface area contributed by atoms with Gasteiger partial charge in [-0.15, -0.1) is 24.0 Å². The van der Waals surface area contributed by atoms with E-state index in [2.05, 4.69) is 41.7 Å². The summed E-state index contributed by atoms with van der Waals surface area (Å²) in [5.41, 5.74) is 0.782. The number of hydrogen-bond acceptors (Lipinski definition) is 6. The molecule has 3 rings (SSSR count). The molecule has 0 spiro atoms. The molecule has 1 saturated heterocycles. The van der Waals surface area contributed by atoms with Crippen LogP contribution in [-0.4, -0.2) is 65.4 Å². The van der Waals surface area contributed by atoms with Crippen molar-refractivity contribution in [1.82, 2.24) is 19.6 Å². The number of nitrogens with zero attached hydrogens (tertiary/aromatic N) is 5. The van der Waals surface area contributed by atoms with Crippen molar-refractivity contribution in [2.45, 2.75) is 20.3 Å². The fourth-order valence-corrected chi connectivity index (χ4v) is 3.72. The fraction of sp³-hybridized carbons (Fsp3) is 0.474. The summed E-state index contributed by atoms with van der Waals surface area (Å²) in [7, 11) is 0. The number of carbonyl (C=O) groups is 1. The van der Waals surface area contributed by atoms with Gasteiger partial charge in [-0.3, -0.25) is 4.79 Å². The minimum Gasteiger partial charge on any atom is -0.357 e. The predicted molar refractivity (Wildman–Crippen MR) is 130 cm³/mol. The highest BCUT2D eigenvalue weighted by Gasteiger charge is 2.22. The molecule has 2 heterocycles. The van der Waals surface area contributed by atoms with E-state index in [1.165, 1.54) is 11.5 Å². The molecule has 10 heteroatoms. The number of piperazine rings is 1. The Morgan fingerprint density at radius 3 is 2.52 bits per heavy atom. The molecule has 8 nitrogen and oxygen atoms in total. The van der Waals surface area contributed by atoms with Gasteiger partial charge in [0.25, 0.3) is 0 Å². The van der Waals surface area contributed by atoms with Gasteiger partial charge in [-0.05, 0) is 19.1 Å². The number of aromatic nitrogens is 2. The van der Waals surface area contributed by atoms with E-state index in [0.717, 1.165) is 61.7 Å². The largest absolute Gasteiger partial charge is 0.357 e. The fourth-order valence-electron chi connectivity index (χ4n) is 2.92. The van der Waals surface area contributed by atoms with Gasteiger partial charge in [-0.25, -0.2) is 9.98 Å². The molecule has 1 aromatic heterocycles. The summed E-state index contributed by atoms with van der Waals surface area (Å²) in [5.74, 6) is 1.56. The number of carbonyl (C=O) groups excluding carboxylic acids is 1. The third kappa shape index (κ3) is 6.81. The monoisotopic (exact) mass is 529 g/mol. The van der Waals surface area contributed by atoms with Crippen molar-refractivity contribution in [3.63, 3.8) is 0 Å². The van der Waals surface area contributed by atoms with Gasteiger partial charge >= 0.3 is 0 Å². The third-order valence-electron chi connectivity index (χ3n) is 4.39. The first-order chi connectivity index (χ1) is 13.7. The van der Waals surface area contributed by atoms with Crippen LogP contribution in [0.15, 0.2) is 35.3 Å². The summed E-state index contributed by atoms with van der Waals surface area (Å²) in [4.78, 5) is 25.7. The van der Waals surface area contributed by atoms with Crippen LogP contribution in [0.2, 0.25) is 0 Å². The highest BCUT2D eigenvalue weighted by molar-refractivity contribution is 14.0. The van der Waals surface area contributed by atoms with E-state index in [9.17, 15) is 4.79 Å². The lowest BCUT2D eigenvalue weighted by Gasteiger charge is -2.36. The number of rotatable bonds is 6. The summed E-state index contributed by atoms with van der Waals surface area (Å²) in [5, 5.41) is 7.14. The van der Waals surface area contributed by atoms with E-state index in [4.69, 9.17) is 0 Å². The zero-order chi connectivity index (χ0) is 19.8. The molecule has 0 unspecified atom stereocenters. The molecule has 0 aliphatic carbocycles. The van der Waals surface area contributed by atoms with E-state index in [1.807, 2.05) is 37.3 Å². The Kier molecular flexibility index (Phi) is 9.58. The Labute approximate surface area is 193 Å². The maximum atomic E-state index is 12.2. The van der Waals surface area contributed by atoms with E-state index < -0.39 is 0 Å². The number of aliphatic imine (C=N–C) groups is 1. The smallest absolute Gasteiger partial charge is 0.246 e. The number of benzene rings is 1. The molecule has 0 atom stereocenters. The topological polar surface area (TPSA) is 85.8 Å². The van der Waals surface area contributed by atoms with Crippen LogP contribution in [0.4, 0.5) is 10.8 Å². The molecule has 1 aliphatic heterocycles. The first kappa shape index (κ1) is 23.3. The van der Waals surface area contributed by atoms with Gasteiger partial charge in [0, 0.05) is 56.4 Å². The molecular weight excluding hydrogens is 501 g/mol. The molecule has 1 fully saturated rings. The number of halogens is 1. The first-order valence-electron chi connectivity index (χ1n) is 9.65. The summed E-state index contributed by atoms with van der Waals surface area (Å²) in [6.07, 6.45) is 0.860. The second kappa shape index (κ2) is 11.9. The Morgan fingerprint density at radius 1 is 1.17 bits per heavy atom. The molecule has 29 heavy (non-hydrogen) atoms. The normalized spacial score (nSPS) is 14.3. The Hall–Kier alpha value is -1.95. The van der Waals surface area contributed by atoms with Gasteiger partial charge in [0.15, 0.2) is 5.96 Å². The van der Waals surface area contributed by atoms with Gasteiger partial charge in [0.2, 0.25) is 11.0 Å². The number of guanidine groups is 1. The maximum Gasteiger partial charge on any atom is 0.246 e. The highest BCUT2D eigenvalue weighted by Crippen LogP contribution is 2.19. The van der Waals surface area contributed by atoms with Crippen LogP contribution < -0.4 is 15.5 Å². The zero-order valence-corrected chi connectivity index (χ0v) is 19.9. The number of anilines is 2. The van der Waals surface area contributed by atoms with E-state index in [-0.39, 0.29) is 36.4 Å². The van der Waals surface area contributed by atoms with Crippen molar-refractivity contribution in [3.05, 3.63) is 36.2 Å². The number of aryl methyl sites for hydroxylation is 1. The molecule has 2 aromatic rings. The number of amides is 1. The van der Waals surface area contributed by atoms with Gasteiger partial charge in [-0.2, -0.15) is 4.37 Å². The van der Waals surface area contributed by atoms with Crippen LogP contribution in [0.5, 0.6) is 0 Å². The molecule has 1 aliphatic rings. The molecule has 2 N–H and O–H groups in total. The summed E-state index contributed by atoms with van der Waals surface area (Å²) >= 11 is 1.46. The number of nitrogens with one attached hydrogen (secondary N) is 2. The van der Waals surface area contributed by atoms with E-state index >= 15 is 0 Å². The Morgan fingerprint density at radius 2 is 1.90 bits per heavy atom. The van der Waals surface area contributed by atoms with Crippen molar-refractivity contribution in [2.24, 2.45) is 4.99 Å². The van der Waals surface area contributed by atoms with Gasteiger partial charge in [-0.1, -0.05) is 25.1 Å². The van der Waals surface area contributed by atoms with Crippen LogP contribution in [0.25, 0.3) is 0 Å². The summed E-state index contributed by atoms with van der Waals surface area (Å²) < 4.78 is 4.37. The van der Waals surface area contributed by atoms with E-state index in [1.54, 1.807) is 0 Å². The lowest BCUT2D eigenvalue weighted by Crippen LogP contribution is -2.52. The van der Waals surface area contributed by atoms with Gasteiger partial charge < -0.3 is 20.4 Å². The first-order valence-corrected chi connectivity index (χ1v) is 10.4. The standard InChI is InChI=1S/C19H27N7OS.HI/c1-3-16-23-19(28-24-16)26-12-10-25(11-13-26)18(20-4-2)21-14-17(27)22-15-8-6-5-7-9-15;/h5-9H,3-4,10-14H2,1-2H3,(H,20,21)(H,22,27);1H. The Balaban J connectivity index is 0.00000300. The maximum absolute atomic E-state index is 12.2. The van der Waals surface area contributed by atoms with Crippen molar-refractivity contribution >= 4 is 58.2 Å². The summed E-state index contributed by atoms with van der Waals surface area (Å²) in [6.45, 7) is 8.32. The van der Waals surface area contributed by atoms with Gasteiger partial charge in [0.1, 0.15) is 12.4 Å². The van der Waals surface area contributed by atoms with Crippen LogP contribution in [-0.2, 0) is 11.2 Å². The van der Waals surface area contributed by atoms with Crippen molar-refractivity contribution in [3.8, 4) is 0 Å². The summed E-state index contributed by atoms with van der Waals surface area (Å²) in [6, 6.07) is 9.43. The third-order valence-corrected chi connectivity index (χ3v) is 5.20. The highest BCUT2D eigenvalue weighted by atomic mass is 127. The van der Waals surface area contributed by atoms with Crippen molar-refractivity contribution < 1.29 is 4.79 Å². The lowest BCUT2D eigenvalue weighted by molar-refractivity contribution is -0.114. The minimum atomic E-state index is -0.124. The second-order valence-electron chi connectivity index (χ2n) is 6.41. The second-order valence-corrected chi connectivity index (χ2v) is 7.14. The molecule has 0 radical (unpaired) electrons. The SMILES string of the molecule is CCNC(=NCC(=O)Nc1ccccc1)N1CCN(c2nc(CC)ns2)CC1.I. The van der Waals surface area contributed by atoms with Gasteiger partial charge in [0.05, 0.1) is 0 Å². The molecule has 0 bridgehead atoms. The van der Waals surface area contributed by atoms with Crippen LogP contribution >= 0.6 is 35.5 Å². The van der Waals surface area contributed by atoms with Crippen LogP contribution in [0.3, 0.4) is 0 Å². The molecule has 0 saturated carbocycles. The van der Waals surface area contributed by atoms with Crippen molar-refractivity contribution in [1.29, 1.82) is 0 Å². The molecule has 1 aromatic carbocycles. The van der Waals surface area contributed by atoms with Crippen molar-refractivity contribution in [2.75, 3.05) is 49.5 Å². The van der Waals surface area contributed by atoms with Crippen LogP contribution in [0.1, 0.15) is 19.7 Å². The quantitative estimate of drug-likeness (QED) is 0.340. The minimum absolute atomic E-state index is 0. The molecular formula is C19H28IN7OS. The average Bonchev–Trinajstić information content (AvgIpc) is 3.21. The van der Waals surface area contributed by atoms with E-state index in [0.29, 0.717) is 0 Å². The number of hydrogen-bond donors (Lipinski definition) is 2. The number of para-hydroxylation sites is 1. The van der Waals surface area contributed by atoms with Crippen LogP contribution in [0, 0.1) is 0 Å². The zero-order valence-electron chi connectivity index (χ0n) is 16.8. The lowest BCUT2D eigenvalue weighted by atomic mass is 10.3. The Bertz CT molecular complexity index is 791.